The van der Waals surface area contributed by atoms with Gasteiger partial charge in [-0.3, -0.25) is 4.79 Å². The number of amides is 1. The zero-order valence-electron chi connectivity index (χ0n) is 11.3. The Morgan fingerprint density at radius 3 is 2.38 bits per heavy atom. The van der Waals surface area contributed by atoms with Crippen LogP contribution in [-0.4, -0.2) is 30.9 Å². The molecule has 0 radical (unpaired) electrons. The zero-order chi connectivity index (χ0) is 12.6. The van der Waals surface area contributed by atoms with Crippen molar-refractivity contribution in [3.8, 4) is 0 Å². The van der Waals surface area contributed by atoms with Crippen LogP contribution < -0.4 is 5.73 Å². The highest BCUT2D eigenvalue weighted by Gasteiger charge is 2.12. The lowest BCUT2D eigenvalue weighted by Gasteiger charge is -2.21. The molecule has 2 N–H and O–H groups in total. The molecule has 3 heteroatoms. The molecule has 0 aromatic rings. The van der Waals surface area contributed by atoms with Crippen molar-refractivity contribution >= 4 is 5.91 Å². The molecule has 1 amide bonds. The number of nitrogens with two attached hydrogens (primary N) is 1. The third-order valence-electron chi connectivity index (χ3n) is 3.22. The summed E-state index contributed by atoms with van der Waals surface area (Å²) in [7, 11) is 1.90. The smallest absolute Gasteiger partial charge is 0.222 e. The van der Waals surface area contributed by atoms with Crippen molar-refractivity contribution in [2.24, 2.45) is 17.6 Å². The molecule has 0 saturated heterocycles. The Labute approximate surface area is 100 Å². The molecule has 0 aliphatic rings. The molecule has 0 aromatic carbocycles. The lowest BCUT2D eigenvalue weighted by molar-refractivity contribution is -0.130. The van der Waals surface area contributed by atoms with Crippen molar-refractivity contribution in [1.29, 1.82) is 0 Å². The van der Waals surface area contributed by atoms with Crippen LogP contribution in [0.1, 0.15) is 46.5 Å². The second-order valence-corrected chi connectivity index (χ2v) is 5.01. The van der Waals surface area contributed by atoms with Gasteiger partial charge in [-0.15, -0.1) is 0 Å². The van der Waals surface area contributed by atoms with E-state index in [9.17, 15) is 4.79 Å². The minimum atomic E-state index is 0.268. The topological polar surface area (TPSA) is 46.3 Å². The minimum Gasteiger partial charge on any atom is -0.345 e. The van der Waals surface area contributed by atoms with Crippen molar-refractivity contribution in [3.63, 3.8) is 0 Å². The Morgan fingerprint density at radius 1 is 1.25 bits per heavy atom. The first-order valence-electron chi connectivity index (χ1n) is 6.45. The number of rotatable bonds is 8. The molecule has 96 valence electrons. The number of hydrogen-bond acceptors (Lipinski definition) is 2. The molecule has 0 aliphatic carbocycles. The van der Waals surface area contributed by atoms with Crippen molar-refractivity contribution in [2.75, 3.05) is 20.1 Å². The summed E-state index contributed by atoms with van der Waals surface area (Å²) in [6.07, 6.45) is 3.76. The highest BCUT2D eigenvalue weighted by molar-refractivity contribution is 5.75. The average Bonchev–Trinajstić information content (AvgIpc) is 2.25. The second kappa shape index (κ2) is 8.57. The summed E-state index contributed by atoms with van der Waals surface area (Å²) >= 11 is 0. The molecule has 2 atom stereocenters. The molecule has 0 aliphatic heterocycles. The Kier molecular flexibility index (Phi) is 8.26. The molecule has 0 rings (SSSR count). The summed E-state index contributed by atoms with van der Waals surface area (Å²) in [6, 6.07) is 0. The van der Waals surface area contributed by atoms with Crippen molar-refractivity contribution in [2.45, 2.75) is 46.5 Å². The van der Waals surface area contributed by atoms with Crippen LogP contribution in [0.15, 0.2) is 0 Å². The fourth-order valence-electron chi connectivity index (χ4n) is 1.69. The lowest BCUT2D eigenvalue weighted by Crippen LogP contribution is -2.31. The van der Waals surface area contributed by atoms with E-state index in [2.05, 4.69) is 20.8 Å². The van der Waals surface area contributed by atoms with Gasteiger partial charge in [0.1, 0.15) is 0 Å². The normalized spacial score (nSPS) is 14.6. The van der Waals surface area contributed by atoms with Crippen molar-refractivity contribution in [3.05, 3.63) is 0 Å². The molecule has 16 heavy (non-hydrogen) atoms. The standard InChI is InChI=1S/C13H28N2O/c1-5-11(2)10-15(4)13(16)7-6-12(3)8-9-14/h11-12H,5-10,14H2,1-4H3. The summed E-state index contributed by atoms with van der Waals surface area (Å²) < 4.78 is 0. The van der Waals surface area contributed by atoms with E-state index < -0.39 is 0 Å². The van der Waals surface area contributed by atoms with Crippen LogP contribution in [0.2, 0.25) is 0 Å². The van der Waals surface area contributed by atoms with E-state index in [1.54, 1.807) is 0 Å². The van der Waals surface area contributed by atoms with E-state index in [4.69, 9.17) is 5.73 Å². The molecule has 3 nitrogen and oxygen atoms in total. The van der Waals surface area contributed by atoms with E-state index in [0.717, 1.165) is 32.4 Å². The first kappa shape index (κ1) is 15.4. The van der Waals surface area contributed by atoms with E-state index in [-0.39, 0.29) is 5.91 Å². The first-order chi connectivity index (χ1) is 7.51. The van der Waals surface area contributed by atoms with Gasteiger partial charge in [0.05, 0.1) is 0 Å². The Morgan fingerprint density at radius 2 is 1.88 bits per heavy atom. The molecule has 0 fully saturated rings. The maximum absolute atomic E-state index is 11.8. The maximum Gasteiger partial charge on any atom is 0.222 e. The summed E-state index contributed by atoms with van der Waals surface area (Å²) in [5, 5.41) is 0. The Bertz CT molecular complexity index is 194. The zero-order valence-corrected chi connectivity index (χ0v) is 11.3. The van der Waals surface area contributed by atoms with E-state index in [1.807, 2.05) is 11.9 Å². The highest BCUT2D eigenvalue weighted by atomic mass is 16.2. The fourth-order valence-corrected chi connectivity index (χ4v) is 1.69. The number of carbonyl (C=O) groups excluding carboxylic acids is 1. The summed E-state index contributed by atoms with van der Waals surface area (Å²) in [5.74, 6) is 1.42. The Balaban J connectivity index is 3.78. The summed E-state index contributed by atoms with van der Waals surface area (Å²) in [5.41, 5.74) is 5.48. The highest BCUT2D eigenvalue weighted by Crippen LogP contribution is 2.11. The Hall–Kier alpha value is -0.570. The van der Waals surface area contributed by atoms with Gasteiger partial charge in [-0.05, 0) is 31.2 Å². The van der Waals surface area contributed by atoms with Gasteiger partial charge in [0, 0.05) is 20.0 Å². The predicted molar refractivity (Wildman–Crippen MR) is 69.2 cm³/mol. The first-order valence-corrected chi connectivity index (χ1v) is 6.45. The number of nitrogens with zero attached hydrogens (tertiary/aromatic N) is 1. The van der Waals surface area contributed by atoms with Gasteiger partial charge in [-0.2, -0.15) is 0 Å². The van der Waals surface area contributed by atoms with Crippen molar-refractivity contribution < 1.29 is 4.79 Å². The van der Waals surface area contributed by atoms with Crippen LogP contribution in [0.4, 0.5) is 0 Å². The molecular formula is C13H28N2O. The second-order valence-electron chi connectivity index (χ2n) is 5.01. The van der Waals surface area contributed by atoms with Gasteiger partial charge in [0.15, 0.2) is 0 Å². The fraction of sp³-hybridized carbons (Fsp3) is 0.923. The van der Waals surface area contributed by atoms with E-state index >= 15 is 0 Å². The summed E-state index contributed by atoms with van der Waals surface area (Å²) in [6.45, 7) is 8.10. The number of carbonyl (C=O) groups is 1. The molecule has 0 heterocycles. The van der Waals surface area contributed by atoms with Crippen molar-refractivity contribution in [1.82, 2.24) is 4.90 Å². The third kappa shape index (κ3) is 6.83. The van der Waals surface area contributed by atoms with E-state index in [1.165, 1.54) is 0 Å². The van der Waals surface area contributed by atoms with Crippen LogP contribution in [0.5, 0.6) is 0 Å². The SMILES string of the molecule is CCC(C)CN(C)C(=O)CCC(C)CCN. The lowest BCUT2D eigenvalue weighted by atomic mass is 10.0. The van der Waals surface area contributed by atoms with Crippen LogP contribution in [0.3, 0.4) is 0 Å². The molecular weight excluding hydrogens is 200 g/mol. The van der Waals surface area contributed by atoms with Crippen LogP contribution in [-0.2, 0) is 4.79 Å². The molecule has 0 saturated carbocycles. The predicted octanol–water partition coefficient (Wildman–Crippen LogP) is 2.26. The van der Waals surface area contributed by atoms with Crippen LogP contribution in [0, 0.1) is 11.8 Å². The van der Waals surface area contributed by atoms with Gasteiger partial charge in [0.25, 0.3) is 0 Å². The van der Waals surface area contributed by atoms with Gasteiger partial charge in [-0.1, -0.05) is 27.2 Å². The maximum atomic E-state index is 11.8. The quantitative estimate of drug-likeness (QED) is 0.692. The van der Waals surface area contributed by atoms with Gasteiger partial charge < -0.3 is 10.6 Å². The average molecular weight is 228 g/mol. The molecule has 2 unspecified atom stereocenters. The number of hydrogen-bond donors (Lipinski definition) is 1. The monoisotopic (exact) mass is 228 g/mol. The van der Waals surface area contributed by atoms with Crippen LogP contribution in [0.25, 0.3) is 0 Å². The van der Waals surface area contributed by atoms with E-state index in [0.29, 0.717) is 18.3 Å². The molecule has 0 aromatic heterocycles. The van der Waals surface area contributed by atoms with Gasteiger partial charge >= 0.3 is 0 Å². The van der Waals surface area contributed by atoms with Gasteiger partial charge in [-0.25, -0.2) is 0 Å². The minimum absolute atomic E-state index is 0.268. The molecule has 0 spiro atoms. The third-order valence-corrected chi connectivity index (χ3v) is 3.22. The van der Waals surface area contributed by atoms with Gasteiger partial charge in [0.2, 0.25) is 5.91 Å². The molecule has 0 bridgehead atoms. The van der Waals surface area contributed by atoms with Crippen LogP contribution >= 0.6 is 0 Å². The summed E-state index contributed by atoms with van der Waals surface area (Å²) in [4.78, 5) is 13.7. The largest absolute Gasteiger partial charge is 0.345 e.